The van der Waals surface area contributed by atoms with Crippen molar-refractivity contribution in [3.05, 3.63) is 34.9 Å². The van der Waals surface area contributed by atoms with Crippen LogP contribution in [0.2, 0.25) is 5.02 Å². The lowest BCUT2D eigenvalue weighted by molar-refractivity contribution is -0.141. The first-order valence-electron chi connectivity index (χ1n) is 8.03. The minimum absolute atomic E-state index is 0.0121. The average Bonchev–Trinajstić information content (AvgIpc) is 2.53. The number of ether oxygens (including phenoxy) is 1. The maximum atomic E-state index is 12.2. The zero-order valence-corrected chi connectivity index (χ0v) is 15.8. The van der Waals surface area contributed by atoms with E-state index in [1.807, 2.05) is 0 Å². The quantitative estimate of drug-likeness (QED) is 0.724. The Hall–Kier alpha value is -2.08. The molecule has 0 saturated carbocycles. The fraction of sp³-hybridized carbons (Fsp3) is 0.500. The van der Waals surface area contributed by atoms with Crippen molar-refractivity contribution in [1.82, 2.24) is 10.6 Å². The molecule has 0 aliphatic carbocycles. The molecule has 1 rings (SSSR count). The highest BCUT2D eigenvalue weighted by Crippen LogP contribution is 2.20. The zero-order chi connectivity index (χ0) is 19.0. The van der Waals surface area contributed by atoms with E-state index in [0.717, 1.165) is 5.56 Å². The molecule has 0 spiro atoms. The van der Waals surface area contributed by atoms with Crippen LogP contribution in [0.1, 0.15) is 45.2 Å². The van der Waals surface area contributed by atoms with Gasteiger partial charge in [0.15, 0.2) is 0 Å². The molecule has 25 heavy (non-hydrogen) atoms. The zero-order valence-electron chi connectivity index (χ0n) is 15.0. The second kappa shape index (κ2) is 9.42. The number of hydrogen-bond donors (Lipinski definition) is 2. The summed E-state index contributed by atoms with van der Waals surface area (Å²) in [6.07, 6.45) is 0.130. The minimum atomic E-state index is -0.518. The summed E-state index contributed by atoms with van der Waals surface area (Å²) >= 11 is 5.87. The molecular formula is C18H25ClN2O4. The Balaban J connectivity index is 2.64. The Morgan fingerprint density at radius 1 is 1.16 bits per heavy atom. The lowest BCUT2D eigenvalue weighted by Gasteiger charge is -2.20. The molecule has 0 fully saturated rings. The summed E-state index contributed by atoms with van der Waals surface area (Å²) in [4.78, 5) is 35.5. The van der Waals surface area contributed by atoms with Crippen LogP contribution in [0.4, 0.5) is 0 Å². The van der Waals surface area contributed by atoms with Crippen molar-refractivity contribution >= 4 is 29.4 Å². The third-order valence-corrected chi connectivity index (χ3v) is 3.78. The Kier molecular flexibility index (Phi) is 7.90. The summed E-state index contributed by atoms with van der Waals surface area (Å²) in [7, 11) is 1.30. The van der Waals surface area contributed by atoms with Gasteiger partial charge in [0.2, 0.25) is 11.8 Å². The number of benzene rings is 1. The van der Waals surface area contributed by atoms with Crippen molar-refractivity contribution in [2.24, 2.45) is 5.41 Å². The van der Waals surface area contributed by atoms with Gasteiger partial charge in [-0.3, -0.25) is 14.4 Å². The van der Waals surface area contributed by atoms with Crippen LogP contribution in [0, 0.1) is 5.41 Å². The van der Waals surface area contributed by atoms with E-state index in [-0.39, 0.29) is 31.2 Å². The third kappa shape index (κ3) is 7.56. The van der Waals surface area contributed by atoms with Crippen LogP contribution in [-0.4, -0.2) is 31.4 Å². The standard InChI is InChI=1S/C18H25ClN2O4/c1-18(2,3)17(24)20-10-9-15(22)21-14(11-16(23)25-4)12-5-7-13(19)8-6-12/h5-8,14H,9-11H2,1-4H3,(H,20,24)(H,21,22). The molecule has 1 aromatic carbocycles. The highest BCUT2D eigenvalue weighted by Gasteiger charge is 2.22. The average molecular weight is 369 g/mol. The van der Waals surface area contributed by atoms with Gasteiger partial charge in [0, 0.05) is 23.4 Å². The van der Waals surface area contributed by atoms with E-state index >= 15 is 0 Å². The molecule has 6 nitrogen and oxygen atoms in total. The molecule has 0 aliphatic rings. The van der Waals surface area contributed by atoms with Gasteiger partial charge >= 0.3 is 5.97 Å². The van der Waals surface area contributed by atoms with Crippen LogP contribution in [0.15, 0.2) is 24.3 Å². The molecule has 1 aromatic rings. The van der Waals surface area contributed by atoms with E-state index in [9.17, 15) is 14.4 Å². The van der Waals surface area contributed by atoms with Gasteiger partial charge in [-0.15, -0.1) is 0 Å². The van der Waals surface area contributed by atoms with Crippen LogP contribution in [0.25, 0.3) is 0 Å². The Bertz CT molecular complexity index is 608. The first-order valence-corrected chi connectivity index (χ1v) is 8.41. The van der Waals surface area contributed by atoms with Gasteiger partial charge in [-0.25, -0.2) is 0 Å². The predicted molar refractivity (Wildman–Crippen MR) is 96.1 cm³/mol. The van der Waals surface area contributed by atoms with Crippen LogP contribution in [0.3, 0.4) is 0 Å². The molecule has 7 heteroatoms. The summed E-state index contributed by atoms with van der Waals surface area (Å²) in [5.41, 5.74) is 0.245. The van der Waals surface area contributed by atoms with E-state index in [1.165, 1.54) is 7.11 Å². The first kappa shape index (κ1) is 21.0. The molecule has 1 unspecified atom stereocenters. The number of esters is 1. The highest BCUT2D eigenvalue weighted by molar-refractivity contribution is 6.30. The number of halogens is 1. The lowest BCUT2D eigenvalue weighted by atomic mass is 9.96. The van der Waals surface area contributed by atoms with E-state index in [0.29, 0.717) is 5.02 Å². The number of carbonyl (C=O) groups excluding carboxylic acids is 3. The number of hydrogen-bond acceptors (Lipinski definition) is 4. The molecular weight excluding hydrogens is 344 g/mol. The van der Waals surface area contributed by atoms with Gasteiger partial charge in [0.25, 0.3) is 0 Å². The number of methoxy groups -OCH3 is 1. The van der Waals surface area contributed by atoms with Gasteiger partial charge in [-0.2, -0.15) is 0 Å². The van der Waals surface area contributed by atoms with Crippen LogP contribution in [-0.2, 0) is 19.1 Å². The first-order chi connectivity index (χ1) is 11.6. The lowest BCUT2D eigenvalue weighted by Crippen LogP contribution is -2.38. The second-order valence-electron chi connectivity index (χ2n) is 6.71. The number of rotatable bonds is 7. The number of nitrogens with one attached hydrogen (secondary N) is 2. The molecule has 0 radical (unpaired) electrons. The maximum absolute atomic E-state index is 12.2. The molecule has 0 saturated heterocycles. The minimum Gasteiger partial charge on any atom is -0.469 e. The second-order valence-corrected chi connectivity index (χ2v) is 7.14. The van der Waals surface area contributed by atoms with Gasteiger partial charge in [-0.1, -0.05) is 44.5 Å². The summed E-state index contributed by atoms with van der Waals surface area (Å²) in [6, 6.07) is 6.36. The maximum Gasteiger partial charge on any atom is 0.307 e. The summed E-state index contributed by atoms with van der Waals surface area (Å²) < 4.78 is 4.68. The van der Waals surface area contributed by atoms with Crippen molar-refractivity contribution in [2.75, 3.05) is 13.7 Å². The van der Waals surface area contributed by atoms with Gasteiger partial charge in [0.05, 0.1) is 19.6 Å². The molecule has 2 amide bonds. The van der Waals surface area contributed by atoms with E-state index < -0.39 is 17.4 Å². The van der Waals surface area contributed by atoms with Crippen molar-refractivity contribution in [3.63, 3.8) is 0 Å². The Morgan fingerprint density at radius 3 is 2.28 bits per heavy atom. The fourth-order valence-corrected chi connectivity index (χ4v) is 2.14. The molecule has 2 N–H and O–H groups in total. The normalized spacial score (nSPS) is 12.2. The van der Waals surface area contributed by atoms with Crippen LogP contribution in [0.5, 0.6) is 0 Å². The van der Waals surface area contributed by atoms with Crippen molar-refractivity contribution < 1.29 is 19.1 Å². The third-order valence-electron chi connectivity index (χ3n) is 3.52. The summed E-state index contributed by atoms with van der Waals surface area (Å²) in [6.45, 7) is 5.63. The Morgan fingerprint density at radius 2 is 1.76 bits per heavy atom. The van der Waals surface area contributed by atoms with Gasteiger partial charge < -0.3 is 15.4 Å². The van der Waals surface area contributed by atoms with E-state index in [1.54, 1.807) is 45.0 Å². The molecule has 1 atom stereocenters. The Labute approximate surface area is 153 Å². The molecule has 0 aliphatic heterocycles. The van der Waals surface area contributed by atoms with E-state index in [2.05, 4.69) is 15.4 Å². The molecule has 0 aromatic heterocycles. The van der Waals surface area contributed by atoms with Crippen molar-refractivity contribution in [1.29, 1.82) is 0 Å². The number of carbonyl (C=O) groups is 3. The fourth-order valence-electron chi connectivity index (χ4n) is 2.02. The highest BCUT2D eigenvalue weighted by atomic mass is 35.5. The van der Waals surface area contributed by atoms with Crippen LogP contribution >= 0.6 is 11.6 Å². The van der Waals surface area contributed by atoms with Gasteiger partial charge in [0.1, 0.15) is 0 Å². The molecule has 0 bridgehead atoms. The predicted octanol–water partition coefficient (Wildman–Crippen LogP) is 2.61. The SMILES string of the molecule is COC(=O)CC(NC(=O)CCNC(=O)C(C)(C)C)c1ccc(Cl)cc1. The topological polar surface area (TPSA) is 84.5 Å². The van der Waals surface area contributed by atoms with Crippen molar-refractivity contribution in [3.8, 4) is 0 Å². The van der Waals surface area contributed by atoms with E-state index in [4.69, 9.17) is 11.6 Å². The van der Waals surface area contributed by atoms with Crippen molar-refractivity contribution in [2.45, 2.75) is 39.7 Å². The molecule has 0 heterocycles. The summed E-state index contributed by atoms with van der Waals surface area (Å²) in [5.74, 6) is -0.816. The monoisotopic (exact) mass is 368 g/mol. The largest absolute Gasteiger partial charge is 0.469 e. The number of amides is 2. The van der Waals surface area contributed by atoms with Gasteiger partial charge in [-0.05, 0) is 17.7 Å². The molecule has 138 valence electrons. The van der Waals surface area contributed by atoms with Crippen LogP contribution < -0.4 is 10.6 Å². The summed E-state index contributed by atoms with van der Waals surface area (Å²) in [5, 5.41) is 6.08. The smallest absolute Gasteiger partial charge is 0.307 e.